The molecule has 0 fully saturated rings. The predicted octanol–water partition coefficient (Wildman–Crippen LogP) is 8.68. The minimum Gasteiger partial charge on any atom is -0.378 e. The van der Waals surface area contributed by atoms with Crippen molar-refractivity contribution in [2.75, 3.05) is 10.6 Å². The number of imidazole rings is 2. The zero-order valence-electron chi connectivity index (χ0n) is 33.6. The van der Waals surface area contributed by atoms with Crippen molar-refractivity contribution in [3.8, 4) is 51.4 Å². The fraction of sp³-hybridized carbons (Fsp3) is 0.109. The summed E-state index contributed by atoms with van der Waals surface area (Å²) in [6, 6.07) is 37.8. The van der Waals surface area contributed by atoms with Gasteiger partial charge in [0.1, 0.15) is 24.0 Å². The van der Waals surface area contributed by atoms with E-state index < -0.39 is 0 Å². The summed E-state index contributed by atoms with van der Waals surface area (Å²) in [6.45, 7) is 4.83. The topological polar surface area (TPSA) is 191 Å². The van der Waals surface area contributed by atoms with Crippen molar-refractivity contribution in [1.29, 1.82) is 5.26 Å². The number of benzene rings is 2. The molecule has 8 heterocycles. The Hall–Kier alpha value is -8.16. The highest BCUT2D eigenvalue weighted by Gasteiger charge is 2.19. The number of nitrogens with zero attached hydrogens (tertiary/aromatic N) is 11. The van der Waals surface area contributed by atoms with Gasteiger partial charge >= 0.3 is 0 Å². The molecular weight excluding hydrogens is 795 g/mol. The summed E-state index contributed by atoms with van der Waals surface area (Å²) in [5.41, 5.74) is 12.2. The summed E-state index contributed by atoms with van der Waals surface area (Å²) in [7, 11) is 0. The molecule has 0 spiro atoms. The third-order valence-corrected chi connectivity index (χ3v) is 11.2. The molecule has 0 aliphatic heterocycles. The second-order valence-corrected chi connectivity index (χ2v) is 15.6. The van der Waals surface area contributed by atoms with Gasteiger partial charge in [-0.05, 0) is 98.8 Å². The molecule has 0 radical (unpaired) electrons. The van der Waals surface area contributed by atoms with Crippen molar-refractivity contribution in [3.63, 3.8) is 0 Å². The number of hydrogen-bond acceptors (Lipinski definition) is 12. The molecule has 10 aromatic rings. The largest absolute Gasteiger partial charge is 0.378 e. The number of thioether (sulfide) groups is 1. The van der Waals surface area contributed by atoms with Crippen molar-refractivity contribution in [2.24, 2.45) is 0 Å². The first-order valence-electron chi connectivity index (χ1n) is 19.8. The van der Waals surface area contributed by atoms with E-state index in [-0.39, 0.29) is 0 Å². The maximum Gasteiger partial charge on any atom is 0.161 e. The molecule has 4 N–H and O–H groups in total. The molecule has 0 saturated heterocycles. The van der Waals surface area contributed by atoms with Crippen LogP contribution >= 0.6 is 11.8 Å². The summed E-state index contributed by atoms with van der Waals surface area (Å²) >= 11 is 1.67. The average molecular weight is 832 g/mol. The van der Waals surface area contributed by atoms with E-state index in [0.717, 1.165) is 90.1 Å². The molecule has 16 heteroatoms. The molecule has 0 unspecified atom stereocenters. The van der Waals surface area contributed by atoms with Crippen molar-refractivity contribution >= 4 is 34.4 Å². The lowest BCUT2D eigenvalue weighted by Crippen LogP contribution is -2.02. The monoisotopic (exact) mass is 831 g/mol. The lowest BCUT2D eigenvalue weighted by molar-refractivity contribution is 0.924. The molecule has 0 saturated carbocycles. The van der Waals surface area contributed by atoms with Crippen LogP contribution in [0.25, 0.3) is 56.6 Å². The van der Waals surface area contributed by atoms with E-state index in [1.807, 2.05) is 105 Å². The van der Waals surface area contributed by atoms with Crippen molar-refractivity contribution in [1.82, 2.24) is 59.1 Å². The molecule has 10 rings (SSSR count). The van der Waals surface area contributed by atoms with Crippen molar-refractivity contribution in [3.05, 3.63) is 162 Å². The van der Waals surface area contributed by atoms with Crippen LogP contribution in [0, 0.1) is 25.2 Å². The van der Waals surface area contributed by atoms with E-state index in [1.165, 1.54) is 6.33 Å². The highest BCUT2D eigenvalue weighted by molar-refractivity contribution is 7.98. The quantitative estimate of drug-likeness (QED) is 0.0810. The van der Waals surface area contributed by atoms with E-state index in [1.54, 1.807) is 26.9 Å². The maximum atomic E-state index is 9.56. The van der Waals surface area contributed by atoms with Crippen LogP contribution in [0.1, 0.15) is 34.4 Å². The Morgan fingerprint density at radius 1 is 0.645 bits per heavy atom. The summed E-state index contributed by atoms with van der Waals surface area (Å²) in [6.07, 6.45) is 5.42. The van der Waals surface area contributed by atoms with Gasteiger partial charge < -0.3 is 20.6 Å². The van der Waals surface area contributed by atoms with Gasteiger partial charge in [-0.25, -0.2) is 29.0 Å². The Morgan fingerprint density at radius 2 is 1.29 bits per heavy atom. The van der Waals surface area contributed by atoms with Crippen LogP contribution in [0.5, 0.6) is 0 Å². The van der Waals surface area contributed by atoms with Crippen LogP contribution in [-0.2, 0) is 18.8 Å². The Morgan fingerprint density at radius 3 is 1.97 bits per heavy atom. The van der Waals surface area contributed by atoms with Crippen LogP contribution in [0.15, 0.2) is 133 Å². The number of pyridine rings is 4. The number of aromatic nitrogens is 12. The molecule has 0 amide bonds. The van der Waals surface area contributed by atoms with E-state index in [0.29, 0.717) is 36.1 Å². The van der Waals surface area contributed by atoms with Crippen LogP contribution in [-0.4, -0.2) is 59.1 Å². The molecule has 15 nitrogen and oxygen atoms in total. The highest BCUT2D eigenvalue weighted by atomic mass is 32.2. The van der Waals surface area contributed by atoms with E-state index >= 15 is 0 Å². The average Bonchev–Trinajstić information content (AvgIpc) is 4.13. The Bertz CT molecular complexity index is 3260. The Kier molecular flexibility index (Phi) is 10.1. The molecule has 0 bridgehead atoms. The van der Waals surface area contributed by atoms with Crippen LogP contribution in [0.2, 0.25) is 0 Å². The normalized spacial score (nSPS) is 11.3. The lowest BCUT2D eigenvalue weighted by Gasteiger charge is -2.06. The van der Waals surface area contributed by atoms with Gasteiger partial charge in [0.25, 0.3) is 0 Å². The fourth-order valence-electron chi connectivity index (χ4n) is 7.17. The van der Waals surface area contributed by atoms with E-state index in [2.05, 4.69) is 61.0 Å². The number of nitriles is 1. The number of aromatic amines is 2. The highest BCUT2D eigenvalue weighted by Crippen LogP contribution is 2.32. The minimum absolute atomic E-state index is 0.392. The molecule has 62 heavy (non-hydrogen) atoms. The van der Waals surface area contributed by atoms with Gasteiger partial charge in [-0.3, -0.25) is 9.97 Å². The number of anilines is 2. The molecule has 0 aliphatic rings. The van der Waals surface area contributed by atoms with Crippen LogP contribution in [0.4, 0.5) is 11.4 Å². The van der Waals surface area contributed by atoms with Gasteiger partial charge in [-0.1, -0.05) is 24.3 Å². The smallest absolute Gasteiger partial charge is 0.161 e. The molecule has 0 aliphatic carbocycles. The lowest BCUT2D eigenvalue weighted by atomic mass is 10.1. The number of hydrogen-bond donors (Lipinski definition) is 4. The second-order valence-electron chi connectivity index (χ2n) is 14.5. The molecule has 8 aromatic heterocycles. The summed E-state index contributed by atoms with van der Waals surface area (Å²) in [4.78, 5) is 36.7. The Balaban J connectivity index is 0.823. The van der Waals surface area contributed by atoms with Crippen molar-refractivity contribution < 1.29 is 0 Å². The van der Waals surface area contributed by atoms with Gasteiger partial charge in [-0.2, -0.15) is 15.5 Å². The van der Waals surface area contributed by atoms with Crippen LogP contribution < -0.4 is 10.6 Å². The third-order valence-electron chi connectivity index (χ3n) is 10.2. The summed E-state index contributed by atoms with van der Waals surface area (Å²) in [5, 5.41) is 25.6. The second kappa shape index (κ2) is 16.5. The number of para-hydroxylation sites is 1. The van der Waals surface area contributed by atoms with Gasteiger partial charge in [0.05, 0.1) is 64.3 Å². The van der Waals surface area contributed by atoms with Crippen LogP contribution in [0.3, 0.4) is 0 Å². The van der Waals surface area contributed by atoms with E-state index in [4.69, 9.17) is 30.0 Å². The number of fused-ring (bicyclic) bond motifs is 2. The van der Waals surface area contributed by atoms with Gasteiger partial charge in [0, 0.05) is 45.5 Å². The molecular formula is C46H37N15S. The zero-order chi connectivity index (χ0) is 42.0. The standard InChI is InChI=1S/C46H37N15S/c1-28-7-5-11-36(52-28)45-43(31-13-19-41-50-27-51-60(41)24-31)55-38(57-45)22-48-33-15-17-34(18-16-33)62-26-40-54-42-20-14-32(25-61(42)59-40)44-46(37-12-6-8-29(2)53-37)58-39(56-44)23-49-35-10-4-3-9-30(35)21-47/h3-20,24-25,27,48-49H,22-23,26H2,1-2H3,(H,55,57)(H,56,58). The molecule has 302 valence electrons. The first-order valence-corrected chi connectivity index (χ1v) is 20.8. The third kappa shape index (κ3) is 7.95. The van der Waals surface area contributed by atoms with Crippen molar-refractivity contribution in [2.45, 2.75) is 37.6 Å². The number of nitrogens with one attached hydrogen (secondary N) is 4. The van der Waals surface area contributed by atoms with E-state index in [9.17, 15) is 5.26 Å². The zero-order valence-corrected chi connectivity index (χ0v) is 34.4. The van der Waals surface area contributed by atoms with Gasteiger partial charge in [-0.15, -0.1) is 11.8 Å². The van der Waals surface area contributed by atoms with Gasteiger partial charge in [0.2, 0.25) is 0 Å². The van der Waals surface area contributed by atoms with Gasteiger partial charge in [0.15, 0.2) is 17.1 Å². The molecule has 0 atom stereocenters. The number of aryl methyl sites for hydroxylation is 2. The first kappa shape index (κ1) is 38.1. The SMILES string of the molecule is Cc1cccc(-c2[nH]c(CNc3ccc(SCc4nc5ccc(-c6nc(CNc7ccccc7C#N)[nH]c6-c6cccc(C)n6)cn5n4)cc3)nc2-c2ccc3ncnn3c2)n1. The first-order chi connectivity index (χ1) is 30.4. The predicted molar refractivity (Wildman–Crippen MR) is 239 cm³/mol. The summed E-state index contributed by atoms with van der Waals surface area (Å²) in [5.74, 6) is 2.80. The maximum absolute atomic E-state index is 9.56. The number of H-pyrrole nitrogens is 2. The fourth-order valence-corrected chi connectivity index (χ4v) is 7.92. The Labute approximate surface area is 359 Å². The number of rotatable bonds is 13. The minimum atomic E-state index is 0.392. The summed E-state index contributed by atoms with van der Waals surface area (Å²) < 4.78 is 3.55. The molecule has 2 aromatic carbocycles.